The molecule has 0 aliphatic rings. The van der Waals surface area contributed by atoms with Gasteiger partial charge < -0.3 is 9.84 Å². The van der Waals surface area contributed by atoms with Crippen molar-refractivity contribution >= 4 is 16.8 Å². The van der Waals surface area contributed by atoms with Crippen molar-refractivity contribution in [1.82, 2.24) is 25.7 Å². The minimum atomic E-state index is -0.329. The average molecular weight is 257 g/mol. The summed E-state index contributed by atoms with van der Waals surface area (Å²) >= 11 is 0. The average Bonchev–Trinajstić information content (AvgIpc) is 3.08. The van der Waals surface area contributed by atoms with Crippen LogP contribution in [0.1, 0.15) is 29.1 Å². The predicted molar refractivity (Wildman–Crippen MR) is 66.3 cm³/mol. The summed E-state index contributed by atoms with van der Waals surface area (Å²) in [5.74, 6) is 0.220. The Morgan fingerprint density at radius 2 is 2.37 bits per heavy atom. The first-order valence-electron chi connectivity index (χ1n) is 5.75. The van der Waals surface area contributed by atoms with E-state index in [1.807, 2.05) is 12.1 Å². The highest BCUT2D eigenvalue weighted by atomic mass is 16.5. The molecule has 0 saturated heterocycles. The number of hydrogen-bond acceptors (Lipinski definition) is 5. The second kappa shape index (κ2) is 4.52. The highest BCUT2D eigenvalue weighted by molar-refractivity contribution is 6.05. The number of para-hydroxylation sites is 1. The number of carbonyl (C=O) groups excluding carboxylic acids is 1. The highest BCUT2D eigenvalue weighted by Crippen LogP contribution is 2.16. The quantitative estimate of drug-likeness (QED) is 0.740. The molecule has 0 aliphatic heterocycles. The number of aromatic nitrogens is 4. The third kappa shape index (κ3) is 2.05. The van der Waals surface area contributed by atoms with E-state index >= 15 is 0 Å². The normalized spacial score (nSPS) is 12.5. The van der Waals surface area contributed by atoms with Gasteiger partial charge in [0.15, 0.2) is 5.82 Å². The number of aromatic amines is 1. The minimum absolute atomic E-state index is 0.216. The van der Waals surface area contributed by atoms with Gasteiger partial charge in [-0.2, -0.15) is 10.1 Å². The summed E-state index contributed by atoms with van der Waals surface area (Å²) in [6, 6.07) is 5.10. The molecule has 0 bridgehead atoms. The van der Waals surface area contributed by atoms with E-state index in [0.29, 0.717) is 16.9 Å². The van der Waals surface area contributed by atoms with Crippen LogP contribution in [0.15, 0.2) is 35.3 Å². The molecular formula is C12H11N5O2. The molecule has 7 heteroatoms. The van der Waals surface area contributed by atoms with Gasteiger partial charge in [-0.3, -0.25) is 9.89 Å². The van der Waals surface area contributed by atoms with Gasteiger partial charge in [0, 0.05) is 5.39 Å². The first-order chi connectivity index (χ1) is 9.25. The lowest BCUT2D eigenvalue weighted by molar-refractivity contribution is 0.0939. The third-order valence-electron chi connectivity index (χ3n) is 2.83. The highest BCUT2D eigenvalue weighted by Gasteiger charge is 2.17. The molecule has 96 valence electrons. The Balaban J connectivity index is 1.86. The van der Waals surface area contributed by atoms with Gasteiger partial charge >= 0.3 is 0 Å². The van der Waals surface area contributed by atoms with Crippen LogP contribution in [0, 0.1) is 0 Å². The summed E-state index contributed by atoms with van der Waals surface area (Å²) in [5, 5.41) is 14.1. The van der Waals surface area contributed by atoms with Crippen LogP contribution in [-0.2, 0) is 0 Å². The Bertz CT molecular complexity index is 704. The molecule has 0 spiro atoms. The summed E-state index contributed by atoms with van der Waals surface area (Å²) in [6.07, 6.45) is 2.91. The topological polar surface area (TPSA) is 96.7 Å². The Morgan fingerprint density at radius 1 is 1.47 bits per heavy atom. The molecule has 2 aromatic heterocycles. The van der Waals surface area contributed by atoms with Gasteiger partial charge in [0.2, 0.25) is 6.39 Å². The minimum Gasteiger partial charge on any atom is -0.343 e. The van der Waals surface area contributed by atoms with Crippen molar-refractivity contribution in [3.05, 3.63) is 42.2 Å². The molecule has 1 amide bonds. The maximum atomic E-state index is 12.2. The fourth-order valence-corrected chi connectivity index (χ4v) is 1.87. The van der Waals surface area contributed by atoms with Crippen molar-refractivity contribution in [2.45, 2.75) is 13.0 Å². The zero-order valence-electron chi connectivity index (χ0n) is 10.1. The second-order valence-corrected chi connectivity index (χ2v) is 4.12. The monoisotopic (exact) mass is 257 g/mol. The standard InChI is InChI=1S/C12H11N5O2/c1-7(11-13-6-19-17-11)15-12(18)9-4-2-3-8-5-14-16-10(8)9/h2-7H,1H3,(H,14,16)(H,15,18)/t7-/m0/s1. The molecule has 0 saturated carbocycles. The molecule has 3 aromatic rings. The molecule has 2 heterocycles. The summed E-state index contributed by atoms with van der Waals surface area (Å²) in [6.45, 7) is 1.79. The van der Waals surface area contributed by atoms with E-state index in [0.717, 1.165) is 5.39 Å². The number of rotatable bonds is 3. The Hall–Kier alpha value is -2.70. The molecule has 7 nitrogen and oxygen atoms in total. The van der Waals surface area contributed by atoms with Crippen molar-refractivity contribution < 1.29 is 9.32 Å². The molecule has 1 atom stereocenters. The number of amides is 1. The SMILES string of the molecule is C[C@H](NC(=O)c1cccc2cn[nH]c12)c1ncon1. The summed E-state index contributed by atoms with van der Waals surface area (Å²) in [7, 11) is 0. The number of carbonyl (C=O) groups is 1. The Labute approximate surface area is 108 Å². The van der Waals surface area contributed by atoms with Crippen molar-refractivity contribution in [3.8, 4) is 0 Å². The number of benzene rings is 1. The molecule has 1 aromatic carbocycles. The summed E-state index contributed by atoms with van der Waals surface area (Å²) < 4.78 is 4.65. The van der Waals surface area contributed by atoms with E-state index in [2.05, 4.69) is 30.2 Å². The molecule has 19 heavy (non-hydrogen) atoms. The second-order valence-electron chi connectivity index (χ2n) is 4.12. The smallest absolute Gasteiger partial charge is 0.254 e. The number of fused-ring (bicyclic) bond motifs is 1. The van der Waals surface area contributed by atoms with Crippen molar-refractivity contribution in [2.75, 3.05) is 0 Å². The summed E-state index contributed by atoms with van der Waals surface area (Å²) in [4.78, 5) is 16.1. The van der Waals surface area contributed by atoms with Crippen LogP contribution in [-0.4, -0.2) is 26.2 Å². The van der Waals surface area contributed by atoms with E-state index in [4.69, 9.17) is 0 Å². The largest absolute Gasteiger partial charge is 0.343 e. The fraction of sp³-hybridized carbons (Fsp3) is 0.167. The molecule has 0 fully saturated rings. The van der Waals surface area contributed by atoms with Gasteiger partial charge in [0.1, 0.15) is 0 Å². The van der Waals surface area contributed by atoms with Gasteiger partial charge in [0.05, 0.1) is 23.3 Å². The van der Waals surface area contributed by atoms with E-state index in [1.54, 1.807) is 19.2 Å². The van der Waals surface area contributed by atoms with Crippen molar-refractivity contribution in [1.29, 1.82) is 0 Å². The van der Waals surface area contributed by atoms with E-state index in [9.17, 15) is 4.79 Å². The van der Waals surface area contributed by atoms with Crippen LogP contribution < -0.4 is 5.32 Å². The molecule has 2 N–H and O–H groups in total. The van der Waals surface area contributed by atoms with Gasteiger partial charge in [0.25, 0.3) is 5.91 Å². The first kappa shape index (κ1) is 11.4. The Morgan fingerprint density at radius 3 is 3.16 bits per heavy atom. The van der Waals surface area contributed by atoms with Crippen LogP contribution in [0.25, 0.3) is 10.9 Å². The number of nitrogens with zero attached hydrogens (tertiary/aromatic N) is 3. The van der Waals surface area contributed by atoms with Gasteiger partial charge in [-0.25, -0.2) is 0 Å². The lowest BCUT2D eigenvalue weighted by Crippen LogP contribution is -2.27. The van der Waals surface area contributed by atoms with Crippen LogP contribution >= 0.6 is 0 Å². The number of hydrogen-bond donors (Lipinski definition) is 2. The first-order valence-corrected chi connectivity index (χ1v) is 5.75. The zero-order valence-corrected chi connectivity index (χ0v) is 10.1. The maximum Gasteiger partial charge on any atom is 0.254 e. The van der Waals surface area contributed by atoms with Crippen LogP contribution in [0.2, 0.25) is 0 Å². The molecule has 0 unspecified atom stereocenters. The van der Waals surface area contributed by atoms with Crippen LogP contribution in [0.3, 0.4) is 0 Å². The van der Waals surface area contributed by atoms with Gasteiger partial charge in [-0.1, -0.05) is 17.3 Å². The van der Waals surface area contributed by atoms with Gasteiger partial charge in [-0.15, -0.1) is 0 Å². The number of H-pyrrole nitrogens is 1. The number of nitrogens with one attached hydrogen (secondary N) is 2. The van der Waals surface area contributed by atoms with E-state index in [-0.39, 0.29) is 11.9 Å². The zero-order chi connectivity index (χ0) is 13.2. The third-order valence-corrected chi connectivity index (χ3v) is 2.83. The van der Waals surface area contributed by atoms with Crippen LogP contribution in [0.5, 0.6) is 0 Å². The predicted octanol–water partition coefficient (Wildman–Crippen LogP) is 1.44. The molecule has 3 rings (SSSR count). The lowest BCUT2D eigenvalue weighted by Gasteiger charge is -2.10. The molecule has 0 aliphatic carbocycles. The fourth-order valence-electron chi connectivity index (χ4n) is 1.87. The van der Waals surface area contributed by atoms with E-state index < -0.39 is 0 Å². The summed E-state index contributed by atoms with van der Waals surface area (Å²) in [5.41, 5.74) is 1.24. The van der Waals surface area contributed by atoms with Crippen LogP contribution in [0.4, 0.5) is 0 Å². The molecular weight excluding hydrogens is 246 g/mol. The molecule has 0 radical (unpaired) electrons. The van der Waals surface area contributed by atoms with E-state index in [1.165, 1.54) is 6.39 Å². The van der Waals surface area contributed by atoms with Gasteiger partial charge in [-0.05, 0) is 13.0 Å². The van der Waals surface area contributed by atoms with Crippen molar-refractivity contribution in [3.63, 3.8) is 0 Å². The Kier molecular flexibility index (Phi) is 2.71. The van der Waals surface area contributed by atoms with Crippen molar-refractivity contribution in [2.24, 2.45) is 0 Å². The lowest BCUT2D eigenvalue weighted by atomic mass is 10.1. The maximum absolute atomic E-state index is 12.2.